The van der Waals surface area contributed by atoms with Gasteiger partial charge in [0.05, 0.1) is 17.5 Å². The van der Waals surface area contributed by atoms with E-state index in [0.717, 1.165) is 22.5 Å². The molecule has 0 saturated carbocycles. The van der Waals surface area contributed by atoms with Crippen LogP contribution in [0.25, 0.3) is 5.69 Å². The van der Waals surface area contributed by atoms with E-state index in [0.29, 0.717) is 10.8 Å². The van der Waals surface area contributed by atoms with Crippen LogP contribution in [0.2, 0.25) is 5.02 Å². The van der Waals surface area contributed by atoms with E-state index in [1.807, 2.05) is 49.4 Å². The molecule has 0 fully saturated rings. The molecule has 0 aliphatic carbocycles. The molecule has 1 aliphatic rings. The number of hydrogen-bond donors (Lipinski definition) is 1. The number of carbonyl (C=O) groups excluding carboxylic acids is 1. The Morgan fingerprint density at radius 3 is 2.65 bits per heavy atom. The van der Waals surface area contributed by atoms with Gasteiger partial charge in [-0.1, -0.05) is 41.9 Å². The topological polar surface area (TPSA) is 70.7 Å². The number of para-hydroxylation sites is 1. The third-order valence-electron chi connectivity index (χ3n) is 4.62. The fourth-order valence-electron chi connectivity index (χ4n) is 3.49. The van der Waals surface area contributed by atoms with Crippen LogP contribution in [-0.2, 0) is 4.79 Å². The van der Waals surface area contributed by atoms with Crippen molar-refractivity contribution in [3.63, 3.8) is 0 Å². The molecule has 0 radical (unpaired) electrons. The molecule has 4 rings (SSSR count). The molecule has 2 heterocycles. The molecule has 2 unspecified atom stereocenters. The zero-order valence-electron chi connectivity index (χ0n) is 14.0. The van der Waals surface area contributed by atoms with Gasteiger partial charge in [0.25, 0.3) is 0 Å². The van der Waals surface area contributed by atoms with Gasteiger partial charge in [-0.05, 0) is 36.8 Å². The van der Waals surface area contributed by atoms with Crippen molar-refractivity contribution in [2.45, 2.75) is 12.8 Å². The first-order chi connectivity index (χ1) is 12.6. The Morgan fingerprint density at radius 1 is 1.19 bits per heavy atom. The summed E-state index contributed by atoms with van der Waals surface area (Å²) in [5, 5.41) is 17.7. The highest BCUT2D eigenvalue weighted by Gasteiger charge is 2.41. The third-order valence-corrected chi connectivity index (χ3v) is 4.86. The molecule has 5 nitrogen and oxygen atoms in total. The number of nitrogens with one attached hydrogen (secondary N) is 1. The molecule has 2 atom stereocenters. The third kappa shape index (κ3) is 2.56. The van der Waals surface area contributed by atoms with Gasteiger partial charge >= 0.3 is 0 Å². The fourth-order valence-corrected chi connectivity index (χ4v) is 3.69. The number of hydrogen-bond acceptors (Lipinski definition) is 3. The van der Waals surface area contributed by atoms with E-state index < -0.39 is 11.8 Å². The van der Waals surface area contributed by atoms with E-state index in [2.05, 4.69) is 16.5 Å². The lowest BCUT2D eigenvalue weighted by atomic mass is 9.78. The molecule has 0 spiro atoms. The lowest BCUT2D eigenvalue weighted by Crippen LogP contribution is -2.34. The minimum Gasteiger partial charge on any atom is -0.309 e. The van der Waals surface area contributed by atoms with Crippen molar-refractivity contribution in [1.29, 1.82) is 5.26 Å². The molecule has 0 bridgehead atoms. The van der Waals surface area contributed by atoms with Crippen LogP contribution in [0.5, 0.6) is 0 Å². The summed E-state index contributed by atoms with van der Waals surface area (Å²) in [5.41, 5.74) is 3.30. The molecular formula is C20H15ClN4O. The normalized spacial score (nSPS) is 18.7. The minimum absolute atomic E-state index is 0.331. The number of aromatic nitrogens is 2. The Morgan fingerprint density at radius 2 is 1.96 bits per heavy atom. The summed E-state index contributed by atoms with van der Waals surface area (Å²) >= 11 is 6.16. The summed E-state index contributed by atoms with van der Waals surface area (Å²) in [6.45, 7) is 1.89. The highest BCUT2D eigenvalue weighted by atomic mass is 35.5. The second-order valence-corrected chi connectivity index (χ2v) is 6.66. The molecule has 2 aromatic carbocycles. The summed E-state index contributed by atoms with van der Waals surface area (Å²) in [5.74, 6) is -0.981. The van der Waals surface area contributed by atoms with E-state index in [1.165, 1.54) is 0 Å². The summed E-state index contributed by atoms with van der Waals surface area (Å²) in [7, 11) is 0. The highest BCUT2D eigenvalue weighted by Crippen LogP contribution is 2.43. The van der Waals surface area contributed by atoms with Gasteiger partial charge in [-0.15, -0.1) is 0 Å². The van der Waals surface area contributed by atoms with E-state index in [4.69, 9.17) is 11.6 Å². The molecule has 26 heavy (non-hydrogen) atoms. The molecular weight excluding hydrogens is 348 g/mol. The maximum absolute atomic E-state index is 12.6. The van der Waals surface area contributed by atoms with Crippen molar-refractivity contribution in [3.05, 3.63) is 76.4 Å². The Bertz CT molecular complexity index is 1040. The van der Waals surface area contributed by atoms with Crippen molar-refractivity contribution in [2.24, 2.45) is 5.92 Å². The minimum atomic E-state index is -0.840. The Kier molecular flexibility index (Phi) is 3.98. The molecule has 0 saturated heterocycles. The number of carbonyl (C=O) groups is 1. The SMILES string of the molecule is Cc1nn(-c2ccccc2)c2c1C(c1cccc(Cl)c1)C(C#N)C(=O)N2. The average Bonchev–Trinajstić information content (AvgIpc) is 2.97. The van der Waals surface area contributed by atoms with Gasteiger partial charge in [-0.25, -0.2) is 4.68 Å². The number of nitriles is 1. The van der Waals surface area contributed by atoms with Gasteiger partial charge in [0, 0.05) is 16.5 Å². The molecule has 1 N–H and O–H groups in total. The molecule has 6 heteroatoms. The summed E-state index contributed by atoms with van der Waals surface area (Å²) in [4.78, 5) is 12.6. The fraction of sp³-hybridized carbons (Fsp3) is 0.150. The van der Waals surface area contributed by atoms with Gasteiger partial charge in [0.1, 0.15) is 11.7 Å². The van der Waals surface area contributed by atoms with Crippen LogP contribution in [0, 0.1) is 24.2 Å². The number of aryl methyl sites for hydroxylation is 1. The van der Waals surface area contributed by atoms with Crippen molar-refractivity contribution >= 4 is 23.3 Å². The monoisotopic (exact) mass is 362 g/mol. The lowest BCUT2D eigenvalue weighted by Gasteiger charge is -2.28. The second kappa shape index (κ2) is 6.32. The predicted molar refractivity (Wildman–Crippen MR) is 99.3 cm³/mol. The van der Waals surface area contributed by atoms with Gasteiger partial charge in [0.15, 0.2) is 0 Å². The molecule has 128 valence electrons. The van der Waals surface area contributed by atoms with Crippen molar-refractivity contribution in [3.8, 4) is 11.8 Å². The van der Waals surface area contributed by atoms with Gasteiger partial charge < -0.3 is 5.32 Å². The predicted octanol–water partition coefficient (Wildman–Crippen LogP) is 4.06. The Labute approximate surface area is 155 Å². The first-order valence-electron chi connectivity index (χ1n) is 8.21. The van der Waals surface area contributed by atoms with E-state index in [1.54, 1.807) is 16.8 Å². The average molecular weight is 363 g/mol. The Balaban J connectivity index is 1.96. The van der Waals surface area contributed by atoms with Crippen LogP contribution in [0.1, 0.15) is 22.7 Å². The second-order valence-electron chi connectivity index (χ2n) is 6.22. The van der Waals surface area contributed by atoms with Crippen LogP contribution in [0.4, 0.5) is 5.82 Å². The molecule has 3 aromatic rings. The maximum Gasteiger partial charge on any atom is 0.243 e. The maximum atomic E-state index is 12.6. The van der Waals surface area contributed by atoms with Gasteiger partial charge in [-0.3, -0.25) is 4.79 Å². The quantitative estimate of drug-likeness (QED) is 0.747. The zero-order chi connectivity index (χ0) is 18.3. The van der Waals surface area contributed by atoms with Crippen molar-refractivity contribution in [1.82, 2.24) is 9.78 Å². The van der Waals surface area contributed by atoms with Gasteiger partial charge in [0.2, 0.25) is 5.91 Å². The molecule has 1 amide bonds. The van der Waals surface area contributed by atoms with Gasteiger partial charge in [-0.2, -0.15) is 10.4 Å². The highest BCUT2D eigenvalue weighted by molar-refractivity contribution is 6.30. The lowest BCUT2D eigenvalue weighted by molar-refractivity contribution is -0.119. The number of nitrogens with zero attached hydrogens (tertiary/aromatic N) is 3. The largest absolute Gasteiger partial charge is 0.309 e. The van der Waals surface area contributed by atoms with E-state index in [-0.39, 0.29) is 5.91 Å². The van der Waals surface area contributed by atoms with Crippen molar-refractivity contribution in [2.75, 3.05) is 5.32 Å². The number of rotatable bonds is 2. The first-order valence-corrected chi connectivity index (χ1v) is 8.59. The van der Waals surface area contributed by atoms with E-state index >= 15 is 0 Å². The van der Waals surface area contributed by atoms with E-state index in [9.17, 15) is 10.1 Å². The van der Waals surface area contributed by atoms with Crippen LogP contribution in [0.3, 0.4) is 0 Å². The van der Waals surface area contributed by atoms with Crippen LogP contribution >= 0.6 is 11.6 Å². The standard InChI is InChI=1S/C20H15ClN4O/c1-12-17-18(13-6-5-7-14(21)10-13)16(11-22)20(26)23-19(17)25(24-12)15-8-3-2-4-9-15/h2-10,16,18H,1H3,(H,23,26). The van der Waals surface area contributed by atoms with Crippen molar-refractivity contribution < 1.29 is 4.79 Å². The molecule has 1 aromatic heterocycles. The summed E-state index contributed by atoms with van der Waals surface area (Å²) in [6.07, 6.45) is 0. The zero-order valence-corrected chi connectivity index (χ0v) is 14.7. The molecule has 1 aliphatic heterocycles. The number of fused-ring (bicyclic) bond motifs is 1. The summed E-state index contributed by atoms with van der Waals surface area (Å²) < 4.78 is 1.72. The van der Waals surface area contributed by atoms with Crippen LogP contribution in [-0.4, -0.2) is 15.7 Å². The smallest absolute Gasteiger partial charge is 0.243 e. The Hall–Kier alpha value is -3.10. The first kappa shape index (κ1) is 16.4. The number of amides is 1. The number of anilines is 1. The van der Waals surface area contributed by atoms with Crippen LogP contribution < -0.4 is 5.32 Å². The number of benzene rings is 2. The number of halogens is 1. The van der Waals surface area contributed by atoms with Crippen LogP contribution in [0.15, 0.2) is 54.6 Å². The summed E-state index contributed by atoms with van der Waals surface area (Å²) in [6, 6.07) is 19.0.